The van der Waals surface area contributed by atoms with Crippen LogP contribution in [0.25, 0.3) is 16.9 Å². The number of allylic oxidation sites excluding steroid dienone is 1. The van der Waals surface area contributed by atoms with Gasteiger partial charge >= 0.3 is 0 Å². The van der Waals surface area contributed by atoms with Crippen LogP contribution in [0.5, 0.6) is 5.75 Å². The van der Waals surface area contributed by atoms with Crippen LogP contribution in [0.3, 0.4) is 0 Å². The molecule has 0 aliphatic heterocycles. The Morgan fingerprint density at radius 2 is 1.86 bits per heavy atom. The molecule has 1 fully saturated rings. The number of carbonyl (C=O) groups excluding carboxylic acids is 2. The number of hydrogen-bond donors (Lipinski definition) is 4. The Morgan fingerprint density at radius 1 is 1.14 bits per heavy atom. The Bertz CT molecular complexity index is 1540. The van der Waals surface area contributed by atoms with Crippen molar-refractivity contribution in [3.05, 3.63) is 82.1 Å². The van der Waals surface area contributed by atoms with Gasteiger partial charge in [-0.05, 0) is 99.1 Å². The minimum atomic E-state index is -0.843. The Kier molecular flexibility index (Phi) is 7.81. The van der Waals surface area contributed by atoms with E-state index < -0.39 is 17.9 Å². The fourth-order valence-electron chi connectivity index (χ4n) is 7.45. The van der Waals surface area contributed by atoms with E-state index in [0.29, 0.717) is 18.9 Å². The number of hydrogen-bond acceptors (Lipinski definition) is 7. The van der Waals surface area contributed by atoms with E-state index in [-0.39, 0.29) is 57.2 Å². The summed E-state index contributed by atoms with van der Waals surface area (Å²) in [6.45, 7) is 12.2. The highest BCUT2D eigenvalue weighted by atomic mass is 16.3. The molecule has 2 aromatic carbocycles. The van der Waals surface area contributed by atoms with Crippen LogP contribution >= 0.6 is 0 Å². The number of aromatic hydroxyl groups is 1. The number of phenolic OH excluding ortho intramolecular Hbond substituents is 1. The van der Waals surface area contributed by atoms with E-state index in [1.54, 1.807) is 25.1 Å². The molecule has 1 saturated carbocycles. The quantitative estimate of drug-likeness (QED) is 0.378. The first-order chi connectivity index (χ1) is 19.9. The third-order valence-corrected chi connectivity index (χ3v) is 9.38. The summed E-state index contributed by atoms with van der Waals surface area (Å²) in [7, 11) is 3.58. The van der Waals surface area contributed by atoms with Crippen LogP contribution in [0.15, 0.2) is 65.5 Å². The van der Waals surface area contributed by atoms with Gasteiger partial charge in [-0.1, -0.05) is 37.8 Å². The summed E-state index contributed by atoms with van der Waals surface area (Å²) < 4.78 is 0. The molecule has 5 N–H and O–H groups in total. The van der Waals surface area contributed by atoms with Crippen molar-refractivity contribution in [3.8, 4) is 16.9 Å². The van der Waals surface area contributed by atoms with Crippen molar-refractivity contribution in [1.82, 2.24) is 9.80 Å². The zero-order valence-electron chi connectivity index (χ0n) is 25.0. The van der Waals surface area contributed by atoms with Gasteiger partial charge in [0.25, 0.3) is 5.91 Å². The molecule has 0 aromatic heterocycles. The van der Waals surface area contributed by atoms with Crippen LogP contribution < -0.4 is 5.73 Å². The third-order valence-electron chi connectivity index (χ3n) is 9.38. The molecule has 222 valence electrons. The summed E-state index contributed by atoms with van der Waals surface area (Å²) in [5.41, 5.74) is 10.00. The van der Waals surface area contributed by atoms with Crippen molar-refractivity contribution in [2.45, 2.75) is 52.2 Å². The summed E-state index contributed by atoms with van der Waals surface area (Å²) in [5, 5.41) is 33.7. The predicted molar refractivity (Wildman–Crippen MR) is 164 cm³/mol. The number of fused-ring (bicyclic) bond motifs is 3. The van der Waals surface area contributed by atoms with Gasteiger partial charge in [0, 0.05) is 18.2 Å². The largest absolute Gasteiger partial charge is 0.510 e. The number of aliphatic hydroxyl groups is 2. The van der Waals surface area contributed by atoms with Gasteiger partial charge in [-0.25, -0.2) is 0 Å². The lowest BCUT2D eigenvalue weighted by molar-refractivity contribution is -0.123. The van der Waals surface area contributed by atoms with Gasteiger partial charge in [0.1, 0.15) is 17.3 Å². The zero-order chi connectivity index (χ0) is 30.6. The van der Waals surface area contributed by atoms with E-state index >= 15 is 0 Å². The number of Topliss-reactive ketones (excluding diaryl/α,β-unsaturated/α-hetero) is 1. The lowest BCUT2D eigenvalue weighted by Gasteiger charge is -2.47. The van der Waals surface area contributed by atoms with Gasteiger partial charge in [-0.3, -0.25) is 19.4 Å². The molecule has 3 unspecified atom stereocenters. The number of likely N-dealkylation sites (N-methyl/N-ethyl adjacent to an activating group) is 1. The molecule has 0 spiro atoms. The van der Waals surface area contributed by atoms with E-state index in [2.05, 4.69) is 44.4 Å². The zero-order valence-corrected chi connectivity index (χ0v) is 25.0. The number of phenols is 1. The van der Waals surface area contributed by atoms with Crippen LogP contribution in [0.1, 0.15) is 43.9 Å². The number of nitrogens with two attached hydrogens (primary N) is 1. The van der Waals surface area contributed by atoms with Crippen molar-refractivity contribution in [3.63, 3.8) is 0 Å². The number of ketones is 1. The molecule has 0 heterocycles. The van der Waals surface area contributed by atoms with Gasteiger partial charge in [0.15, 0.2) is 5.78 Å². The van der Waals surface area contributed by atoms with E-state index in [0.717, 1.165) is 29.8 Å². The predicted octanol–water partition coefficient (Wildman–Crippen LogP) is 4.73. The van der Waals surface area contributed by atoms with Gasteiger partial charge < -0.3 is 21.1 Å². The summed E-state index contributed by atoms with van der Waals surface area (Å²) in [6.07, 6.45) is 0.909. The minimum absolute atomic E-state index is 0.0933. The maximum atomic E-state index is 14.1. The van der Waals surface area contributed by atoms with Gasteiger partial charge in [-0.2, -0.15) is 0 Å². The second kappa shape index (κ2) is 11.1. The average Bonchev–Trinajstić information content (AvgIpc) is 2.91. The van der Waals surface area contributed by atoms with Gasteiger partial charge in [0.2, 0.25) is 0 Å². The van der Waals surface area contributed by atoms with E-state index in [1.807, 2.05) is 18.2 Å². The first-order valence-corrected chi connectivity index (χ1v) is 14.6. The maximum absolute atomic E-state index is 14.1. The van der Waals surface area contributed by atoms with E-state index in [4.69, 9.17) is 5.73 Å². The summed E-state index contributed by atoms with van der Waals surface area (Å²) in [6, 6.07) is 11.5. The number of primary amides is 1. The molecule has 3 aliphatic rings. The molecular weight excluding hydrogens is 530 g/mol. The minimum Gasteiger partial charge on any atom is -0.510 e. The number of aliphatic hydroxyl groups excluding tert-OH is 2. The Morgan fingerprint density at radius 3 is 2.48 bits per heavy atom. The number of amides is 1. The Labute approximate surface area is 247 Å². The van der Waals surface area contributed by atoms with Crippen molar-refractivity contribution in [2.24, 2.45) is 23.5 Å². The normalized spacial score (nSPS) is 23.9. The van der Waals surface area contributed by atoms with Crippen LogP contribution in [0.2, 0.25) is 0 Å². The van der Waals surface area contributed by atoms with E-state index in [1.165, 1.54) is 5.56 Å². The number of rotatable bonds is 7. The van der Waals surface area contributed by atoms with Crippen molar-refractivity contribution >= 4 is 17.4 Å². The van der Waals surface area contributed by atoms with Crippen molar-refractivity contribution < 1.29 is 24.9 Å². The highest BCUT2D eigenvalue weighted by molar-refractivity contribution is 6.10. The molecule has 5 rings (SSSR count). The fourth-order valence-corrected chi connectivity index (χ4v) is 7.45. The summed E-state index contributed by atoms with van der Waals surface area (Å²) >= 11 is 0. The van der Waals surface area contributed by atoms with Crippen LogP contribution in [0, 0.1) is 17.8 Å². The van der Waals surface area contributed by atoms with Crippen molar-refractivity contribution in [2.75, 3.05) is 20.6 Å². The average molecular weight is 572 g/mol. The first kappa shape index (κ1) is 29.6. The highest BCUT2D eigenvalue weighted by Gasteiger charge is 2.53. The van der Waals surface area contributed by atoms with E-state index in [9.17, 15) is 24.9 Å². The van der Waals surface area contributed by atoms with Crippen LogP contribution in [-0.2, 0) is 22.6 Å². The molecule has 2 aromatic rings. The Balaban J connectivity index is 1.61. The standard InChI is InChI=1S/C34H41N3O5/c1-7-37(17(2)3)16-19-9-8-10-20(13-19)22-11-12-25(38)29-23(22)14-21-15-24-26(31(39)28(21)32(29)40)18(4)27(34(35)42)33(41)30(24)36(5)6/h8-13,17,21,24,26,30,38,40-41H,4,7,14-16H2,1-3,5-6H3,(H2,35,42)/t21?,24?,26?,30-/m0/s1. The molecule has 0 radical (unpaired) electrons. The molecule has 8 nitrogen and oxygen atoms in total. The van der Waals surface area contributed by atoms with Crippen LogP contribution in [-0.4, -0.2) is 69.5 Å². The topological polar surface area (TPSA) is 127 Å². The molecule has 3 aliphatic carbocycles. The molecule has 1 amide bonds. The Hall–Kier alpha value is -3.88. The summed E-state index contributed by atoms with van der Waals surface area (Å²) in [5.74, 6) is -3.22. The molecule has 0 saturated heterocycles. The van der Waals surface area contributed by atoms with Gasteiger partial charge in [-0.15, -0.1) is 0 Å². The van der Waals surface area contributed by atoms with Crippen molar-refractivity contribution in [1.29, 1.82) is 0 Å². The SMILES string of the molecule is C=C1C(C(N)=O)=C(O)[C@@H](N(C)C)C2CC3Cc4c(-c5cccc(CN(CC)C(C)C)c5)ccc(O)c4C(O)=C3C(=O)C12. The highest BCUT2D eigenvalue weighted by Crippen LogP contribution is 2.53. The lowest BCUT2D eigenvalue weighted by Crippen LogP contribution is -2.52. The third kappa shape index (κ3) is 4.72. The fraction of sp³-hybridized carbons (Fsp3) is 0.412. The van der Waals surface area contributed by atoms with Gasteiger partial charge in [0.05, 0.1) is 23.1 Å². The molecule has 8 heteroatoms. The lowest BCUT2D eigenvalue weighted by atomic mass is 9.58. The molecule has 42 heavy (non-hydrogen) atoms. The molecule has 0 bridgehead atoms. The molecular formula is C34H41N3O5. The second-order valence-electron chi connectivity index (χ2n) is 12.3. The number of benzene rings is 2. The number of nitrogens with zero attached hydrogens (tertiary/aromatic N) is 2. The monoisotopic (exact) mass is 571 g/mol. The summed E-state index contributed by atoms with van der Waals surface area (Å²) in [4.78, 5) is 30.6. The number of carbonyl (C=O) groups is 2. The van der Waals surface area contributed by atoms with Crippen LogP contribution in [0.4, 0.5) is 0 Å². The maximum Gasteiger partial charge on any atom is 0.252 e. The molecule has 4 atom stereocenters. The smallest absolute Gasteiger partial charge is 0.252 e. The first-order valence-electron chi connectivity index (χ1n) is 14.6. The second-order valence-corrected chi connectivity index (χ2v) is 12.3.